The fourth-order valence-electron chi connectivity index (χ4n) is 6.61. The van der Waals surface area contributed by atoms with Gasteiger partial charge in [0.05, 0.1) is 19.4 Å². The van der Waals surface area contributed by atoms with Crippen LogP contribution < -0.4 is 15.4 Å². The number of hydrogen-bond donors (Lipinski definition) is 2. The minimum absolute atomic E-state index is 0.0152. The van der Waals surface area contributed by atoms with Crippen LogP contribution in [0.5, 0.6) is 11.6 Å². The Hall–Kier alpha value is -4.65. The third kappa shape index (κ3) is 8.92. The minimum atomic E-state index is -0.627. The summed E-state index contributed by atoms with van der Waals surface area (Å²) >= 11 is 0. The third-order valence-electron chi connectivity index (χ3n) is 9.33. The first-order chi connectivity index (χ1) is 24.1. The number of hydrogen-bond acceptors (Lipinski definition) is 8. The molecule has 0 bridgehead atoms. The number of morpholine rings is 1. The molecule has 0 atom stereocenters. The topological polar surface area (TPSA) is 114 Å². The van der Waals surface area contributed by atoms with Crippen LogP contribution in [-0.2, 0) is 24.9 Å². The zero-order valence-corrected chi connectivity index (χ0v) is 29.2. The van der Waals surface area contributed by atoms with Crippen molar-refractivity contribution in [3.05, 3.63) is 94.7 Å². The lowest BCUT2D eigenvalue weighted by atomic mass is 9.91. The molecule has 264 valence electrons. The van der Waals surface area contributed by atoms with Gasteiger partial charge in [-0.15, -0.1) is 0 Å². The normalized spacial score (nSPS) is 18.2. The molecule has 2 aromatic carbocycles. The second kappa shape index (κ2) is 15.9. The van der Waals surface area contributed by atoms with Crippen molar-refractivity contribution < 1.29 is 23.5 Å². The first-order valence-electron chi connectivity index (χ1n) is 17.2. The number of pyridine rings is 1. The standard InChI is InChI=1S/C38H46FN7O4/c1-25-18-35(43-45(25)4)37(48)42-31-11-9-30(10-12-31)41-36(47)34-21-29(39)22-40-38(34)50-32-7-5-6-27(20-32)33-13-8-26(23-44(2)3)19-28(33)24-46-14-16-49-17-15-46/h5-8,13,18-22,30-31H,9-12,14-17,23-24H2,1-4H3,(H,41,47)(H,42,48)/t30-,31-. The highest BCUT2D eigenvalue weighted by Gasteiger charge is 2.27. The first kappa shape index (κ1) is 35.2. The smallest absolute Gasteiger partial charge is 0.272 e. The zero-order chi connectivity index (χ0) is 35.2. The molecule has 1 saturated heterocycles. The Morgan fingerprint density at radius 1 is 0.980 bits per heavy atom. The molecule has 12 heteroatoms. The van der Waals surface area contributed by atoms with E-state index in [1.807, 2.05) is 25.1 Å². The largest absolute Gasteiger partial charge is 0.438 e. The molecular weight excluding hydrogens is 637 g/mol. The molecule has 3 heterocycles. The van der Waals surface area contributed by atoms with Gasteiger partial charge in [-0.05, 0) is 93.2 Å². The monoisotopic (exact) mass is 683 g/mol. The van der Waals surface area contributed by atoms with E-state index in [9.17, 15) is 14.0 Å². The Morgan fingerprint density at radius 3 is 2.38 bits per heavy atom. The number of benzene rings is 2. The molecule has 1 aliphatic carbocycles. The summed E-state index contributed by atoms with van der Waals surface area (Å²) < 4.78 is 27.9. The van der Waals surface area contributed by atoms with E-state index in [0.29, 0.717) is 37.1 Å². The van der Waals surface area contributed by atoms with E-state index in [-0.39, 0.29) is 29.4 Å². The summed E-state index contributed by atoms with van der Waals surface area (Å²) in [6, 6.07) is 17.0. The summed E-state index contributed by atoms with van der Waals surface area (Å²) in [6.07, 6.45) is 3.78. The Balaban J connectivity index is 1.13. The maximum Gasteiger partial charge on any atom is 0.272 e. The molecule has 50 heavy (non-hydrogen) atoms. The van der Waals surface area contributed by atoms with Gasteiger partial charge in [-0.25, -0.2) is 9.37 Å². The van der Waals surface area contributed by atoms with Crippen LogP contribution in [0.4, 0.5) is 4.39 Å². The summed E-state index contributed by atoms with van der Waals surface area (Å²) in [5.74, 6) is -0.762. The third-order valence-corrected chi connectivity index (χ3v) is 9.33. The van der Waals surface area contributed by atoms with E-state index in [4.69, 9.17) is 9.47 Å². The molecule has 2 N–H and O–H groups in total. The average molecular weight is 684 g/mol. The van der Waals surface area contributed by atoms with Crippen LogP contribution >= 0.6 is 0 Å². The molecule has 4 aromatic rings. The summed E-state index contributed by atoms with van der Waals surface area (Å²) in [5.41, 5.74) is 5.83. The molecule has 1 aliphatic heterocycles. The van der Waals surface area contributed by atoms with Crippen LogP contribution in [0.25, 0.3) is 11.1 Å². The molecular formula is C38H46FN7O4. The van der Waals surface area contributed by atoms with Gasteiger partial charge >= 0.3 is 0 Å². The molecule has 0 unspecified atom stereocenters. The van der Waals surface area contributed by atoms with E-state index in [1.54, 1.807) is 23.9 Å². The lowest BCUT2D eigenvalue weighted by molar-refractivity contribution is 0.0342. The van der Waals surface area contributed by atoms with Crippen LogP contribution in [0.15, 0.2) is 60.8 Å². The Kier molecular flexibility index (Phi) is 11.2. The molecule has 11 nitrogen and oxygen atoms in total. The fraction of sp³-hybridized carbons (Fsp3) is 0.421. The second-order valence-electron chi connectivity index (χ2n) is 13.5. The van der Waals surface area contributed by atoms with Crippen molar-refractivity contribution in [3.63, 3.8) is 0 Å². The predicted octanol–water partition coefficient (Wildman–Crippen LogP) is 5.09. The van der Waals surface area contributed by atoms with Crippen LogP contribution in [0.1, 0.15) is 63.4 Å². The van der Waals surface area contributed by atoms with Gasteiger partial charge in [-0.1, -0.05) is 30.3 Å². The molecule has 1 saturated carbocycles. The number of amides is 2. The number of halogens is 1. The van der Waals surface area contributed by atoms with Crippen molar-refractivity contribution in [3.8, 4) is 22.8 Å². The number of nitrogens with one attached hydrogen (secondary N) is 2. The maximum atomic E-state index is 14.4. The van der Waals surface area contributed by atoms with E-state index >= 15 is 0 Å². The minimum Gasteiger partial charge on any atom is -0.438 e. The van der Waals surface area contributed by atoms with E-state index in [2.05, 4.69) is 62.8 Å². The molecule has 2 aromatic heterocycles. The summed E-state index contributed by atoms with van der Waals surface area (Å²) in [4.78, 5) is 34.9. The number of nitrogens with zero attached hydrogens (tertiary/aromatic N) is 5. The predicted molar refractivity (Wildman–Crippen MR) is 189 cm³/mol. The average Bonchev–Trinajstić information content (AvgIpc) is 3.44. The van der Waals surface area contributed by atoms with E-state index in [1.165, 1.54) is 11.1 Å². The highest BCUT2D eigenvalue weighted by Crippen LogP contribution is 2.32. The number of rotatable bonds is 11. The molecule has 2 aliphatic rings. The number of aryl methyl sites for hydroxylation is 2. The number of aromatic nitrogens is 3. The van der Waals surface area contributed by atoms with Gasteiger partial charge < -0.3 is 25.0 Å². The molecule has 2 amide bonds. The Bertz CT molecular complexity index is 1790. The van der Waals surface area contributed by atoms with Crippen LogP contribution in [0, 0.1) is 12.7 Å². The fourth-order valence-corrected chi connectivity index (χ4v) is 6.61. The lowest BCUT2D eigenvalue weighted by Crippen LogP contribution is -2.44. The highest BCUT2D eigenvalue weighted by atomic mass is 19.1. The van der Waals surface area contributed by atoms with Crippen molar-refractivity contribution in [2.45, 2.75) is 57.8 Å². The Labute approximate surface area is 292 Å². The van der Waals surface area contributed by atoms with Gasteiger partial charge in [0.2, 0.25) is 5.88 Å². The number of carbonyl (C=O) groups excluding carboxylic acids is 2. The number of carbonyl (C=O) groups is 2. The summed E-state index contributed by atoms with van der Waals surface area (Å²) in [6.45, 7) is 6.74. The maximum absolute atomic E-state index is 14.4. The van der Waals surface area contributed by atoms with Crippen LogP contribution in [0.3, 0.4) is 0 Å². The second-order valence-corrected chi connectivity index (χ2v) is 13.5. The van der Waals surface area contributed by atoms with Crippen molar-refractivity contribution in [1.29, 1.82) is 0 Å². The van der Waals surface area contributed by atoms with Crippen molar-refractivity contribution in [1.82, 2.24) is 35.2 Å². The molecule has 6 rings (SSSR count). The SMILES string of the molecule is Cc1cc(C(=O)N[C@H]2CC[C@H](NC(=O)c3cc(F)cnc3Oc3cccc(-c4ccc(CN(C)C)cc4CN4CCOCC4)c3)CC2)nn1C. The van der Waals surface area contributed by atoms with E-state index in [0.717, 1.165) is 68.5 Å². The van der Waals surface area contributed by atoms with Gasteiger partial charge in [-0.3, -0.25) is 19.2 Å². The molecule has 0 radical (unpaired) electrons. The van der Waals surface area contributed by atoms with Gasteiger partial charge in [0, 0.05) is 51.0 Å². The van der Waals surface area contributed by atoms with Crippen molar-refractivity contribution in [2.24, 2.45) is 7.05 Å². The van der Waals surface area contributed by atoms with Gasteiger partial charge in [0.25, 0.3) is 11.8 Å². The van der Waals surface area contributed by atoms with Gasteiger partial charge in [0.15, 0.2) is 0 Å². The lowest BCUT2D eigenvalue weighted by Gasteiger charge is -2.29. The summed E-state index contributed by atoms with van der Waals surface area (Å²) in [5, 5.41) is 10.4. The van der Waals surface area contributed by atoms with Crippen LogP contribution in [-0.4, -0.2) is 88.9 Å². The first-order valence-corrected chi connectivity index (χ1v) is 17.2. The quantitative estimate of drug-likeness (QED) is 0.225. The van der Waals surface area contributed by atoms with Crippen molar-refractivity contribution >= 4 is 11.8 Å². The van der Waals surface area contributed by atoms with Gasteiger partial charge in [-0.2, -0.15) is 5.10 Å². The number of ether oxygens (including phenoxy) is 2. The zero-order valence-electron chi connectivity index (χ0n) is 29.2. The summed E-state index contributed by atoms with van der Waals surface area (Å²) in [7, 11) is 5.93. The molecule has 0 spiro atoms. The Morgan fingerprint density at radius 2 is 1.70 bits per heavy atom. The molecule has 2 fully saturated rings. The van der Waals surface area contributed by atoms with Crippen LogP contribution in [0.2, 0.25) is 0 Å². The van der Waals surface area contributed by atoms with E-state index < -0.39 is 11.7 Å². The van der Waals surface area contributed by atoms with Gasteiger partial charge in [0.1, 0.15) is 22.8 Å². The van der Waals surface area contributed by atoms with Crippen molar-refractivity contribution in [2.75, 3.05) is 40.4 Å². The highest BCUT2D eigenvalue weighted by molar-refractivity contribution is 5.96.